The van der Waals surface area contributed by atoms with Crippen LogP contribution in [0.3, 0.4) is 0 Å². The lowest BCUT2D eigenvalue weighted by atomic mass is 9.47. The van der Waals surface area contributed by atoms with Gasteiger partial charge in [0, 0.05) is 6.42 Å². The van der Waals surface area contributed by atoms with Crippen LogP contribution in [0.4, 0.5) is 4.79 Å². The highest BCUT2D eigenvalue weighted by molar-refractivity contribution is 5.60. The fourth-order valence-corrected chi connectivity index (χ4v) is 9.04. The van der Waals surface area contributed by atoms with E-state index in [4.69, 9.17) is 9.47 Å². The molecule has 0 spiro atoms. The van der Waals surface area contributed by atoms with Crippen LogP contribution in [-0.2, 0) is 9.47 Å². The molecule has 0 aromatic carbocycles. The molecule has 4 aliphatic rings. The molecule has 8 atom stereocenters. The molecule has 0 amide bonds. The quantitative estimate of drug-likeness (QED) is 0.283. The fraction of sp³-hybridized carbons (Fsp3) is 0.900. The number of ether oxygens (including phenoxy) is 2. The lowest BCUT2D eigenvalue weighted by Crippen LogP contribution is -2.51. The summed E-state index contributed by atoms with van der Waals surface area (Å²) in [6.07, 6.45) is 16.3. The lowest BCUT2D eigenvalue weighted by molar-refractivity contribution is -0.0615. The smallest absolute Gasteiger partial charge is 0.435 e. The van der Waals surface area contributed by atoms with Gasteiger partial charge in [-0.15, -0.1) is 0 Å². The first kappa shape index (κ1) is 25.1. The van der Waals surface area contributed by atoms with E-state index in [1.54, 1.807) is 5.57 Å². The van der Waals surface area contributed by atoms with Gasteiger partial charge in [-0.05, 0) is 98.2 Å². The van der Waals surface area contributed by atoms with E-state index in [9.17, 15) is 4.79 Å². The second kappa shape index (κ2) is 9.94. The summed E-state index contributed by atoms with van der Waals surface area (Å²) >= 11 is 0. The molecule has 3 saturated carbocycles. The standard InChI is InChI=1S/C30H50O3/c1-7-32-28(31)33-23-15-17-29(5)22(19-23)11-12-24-26-14-13-25(21(4)10-8-9-20(2)3)30(26,6)18-16-27(24)29/h11,20-21,23-27H,7-10,12-19H2,1-6H3/t21-,23+,24-,25+,26-,27-,29-,30+/m0/s1. The Morgan fingerprint density at radius 1 is 1.06 bits per heavy atom. The summed E-state index contributed by atoms with van der Waals surface area (Å²) in [4.78, 5) is 11.9. The fourth-order valence-electron chi connectivity index (χ4n) is 9.04. The predicted octanol–water partition coefficient (Wildman–Crippen LogP) is 8.57. The van der Waals surface area contributed by atoms with Crippen molar-refractivity contribution in [3.05, 3.63) is 11.6 Å². The number of rotatable bonds is 7. The topological polar surface area (TPSA) is 35.5 Å². The number of allylic oxidation sites excluding steroid dienone is 1. The van der Waals surface area contributed by atoms with E-state index in [2.05, 4.69) is 40.7 Å². The normalized spacial score (nSPS) is 40.9. The Labute approximate surface area is 203 Å². The minimum atomic E-state index is -0.492. The van der Waals surface area contributed by atoms with Crippen molar-refractivity contribution >= 4 is 6.16 Å². The maximum atomic E-state index is 11.9. The van der Waals surface area contributed by atoms with Gasteiger partial charge in [0.15, 0.2) is 0 Å². The maximum Gasteiger partial charge on any atom is 0.508 e. The second-order valence-corrected chi connectivity index (χ2v) is 13.0. The van der Waals surface area contributed by atoms with Gasteiger partial charge in [-0.2, -0.15) is 0 Å². The molecule has 0 N–H and O–H groups in total. The minimum absolute atomic E-state index is 0.00340. The summed E-state index contributed by atoms with van der Waals surface area (Å²) in [6, 6.07) is 0. The Morgan fingerprint density at radius 2 is 1.85 bits per heavy atom. The summed E-state index contributed by atoms with van der Waals surface area (Å²) in [6.45, 7) is 14.7. The highest BCUT2D eigenvalue weighted by atomic mass is 16.7. The van der Waals surface area contributed by atoms with E-state index in [0.717, 1.165) is 54.8 Å². The number of carbonyl (C=O) groups excluding carboxylic acids is 1. The monoisotopic (exact) mass is 458 g/mol. The van der Waals surface area contributed by atoms with Gasteiger partial charge in [0.25, 0.3) is 0 Å². The van der Waals surface area contributed by atoms with Crippen LogP contribution in [0.5, 0.6) is 0 Å². The van der Waals surface area contributed by atoms with Gasteiger partial charge in [0.05, 0.1) is 6.61 Å². The van der Waals surface area contributed by atoms with Crippen molar-refractivity contribution < 1.29 is 14.3 Å². The van der Waals surface area contributed by atoms with Crippen LogP contribution in [0.1, 0.15) is 112 Å². The Balaban J connectivity index is 1.43. The molecule has 4 rings (SSSR count). The van der Waals surface area contributed by atoms with Crippen LogP contribution >= 0.6 is 0 Å². The summed E-state index contributed by atoms with van der Waals surface area (Å²) in [5.74, 6) is 5.19. The van der Waals surface area contributed by atoms with Crippen LogP contribution in [0.2, 0.25) is 0 Å². The van der Waals surface area contributed by atoms with E-state index in [-0.39, 0.29) is 6.10 Å². The Hall–Kier alpha value is -0.990. The molecule has 0 heterocycles. The predicted molar refractivity (Wildman–Crippen MR) is 135 cm³/mol. The van der Waals surface area contributed by atoms with Crippen molar-refractivity contribution in [2.75, 3.05) is 6.61 Å². The van der Waals surface area contributed by atoms with E-state index in [1.807, 2.05) is 6.92 Å². The lowest BCUT2D eigenvalue weighted by Gasteiger charge is -2.58. The van der Waals surface area contributed by atoms with Gasteiger partial charge in [-0.25, -0.2) is 4.79 Å². The summed E-state index contributed by atoms with van der Waals surface area (Å²) in [7, 11) is 0. The molecular formula is C30H50O3. The van der Waals surface area contributed by atoms with E-state index >= 15 is 0 Å². The second-order valence-electron chi connectivity index (χ2n) is 13.0. The molecule has 0 saturated heterocycles. The molecule has 3 nitrogen and oxygen atoms in total. The zero-order valence-electron chi connectivity index (χ0n) is 22.3. The van der Waals surface area contributed by atoms with Gasteiger partial charge in [-0.1, -0.05) is 65.5 Å². The first-order chi connectivity index (χ1) is 15.7. The molecule has 3 fully saturated rings. The van der Waals surface area contributed by atoms with Crippen molar-refractivity contribution in [3.63, 3.8) is 0 Å². The summed E-state index contributed by atoms with van der Waals surface area (Å²) in [5, 5.41) is 0. The van der Waals surface area contributed by atoms with Crippen molar-refractivity contribution in [1.82, 2.24) is 0 Å². The third-order valence-electron chi connectivity index (χ3n) is 10.8. The summed E-state index contributed by atoms with van der Waals surface area (Å²) < 4.78 is 10.7. The highest BCUT2D eigenvalue weighted by Gasteiger charge is 2.59. The molecule has 0 aromatic rings. The zero-order chi connectivity index (χ0) is 23.8. The molecule has 4 aliphatic carbocycles. The molecule has 0 unspecified atom stereocenters. The van der Waals surface area contributed by atoms with Crippen LogP contribution in [0.15, 0.2) is 11.6 Å². The third-order valence-corrected chi connectivity index (χ3v) is 10.8. The van der Waals surface area contributed by atoms with Crippen molar-refractivity contribution in [1.29, 1.82) is 0 Å². The van der Waals surface area contributed by atoms with Crippen LogP contribution in [-0.4, -0.2) is 18.9 Å². The van der Waals surface area contributed by atoms with Gasteiger partial charge < -0.3 is 9.47 Å². The SMILES string of the molecule is CCOC(=O)O[C@@H]1CC[C@@]2(C)C(=CC[C@H]3[C@@H]4CC[C@H]([C@@H](C)CCCC(C)C)[C@@]4(C)CC[C@@H]32)C1. The van der Waals surface area contributed by atoms with E-state index < -0.39 is 6.16 Å². The Morgan fingerprint density at radius 3 is 2.58 bits per heavy atom. The minimum Gasteiger partial charge on any atom is -0.435 e. The molecule has 33 heavy (non-hydrogen) atoms. The van der Waals surface area contributed by atoms with Crippen LogP contribution < -0.4 is 0 Å². The van der Waals surface area contributed by atoms with Gasteiger partial charge in [0.1, 0.15) is 6.10 Å². The third kappa shape index (κ3) is 4.76. The molecule has 188 valence electrons. The van der Waals surface area contributed by atoms with Crippen molar-refractivity contribution in [2.24, 2.45) is 46.3 Å². The van der Waals surface area contributed by atoms with E-state index in [0.29, 0.717) is 17.4 Å². The zero-order valence-corrected chi connectivity index (χ0v) is 22.3. The molecule has 0 aromatic heterocycles. The first-order valence-corrected chi connectivity index (χ1v) is 14.2. The molecular weight excluding hydrogens is 408 g/mol. The molecule has 0 bridgehead atoms. The molecule has 0 aliphatic heterocycles. The molecule has 0 radical (unpaired) electrons. The first-order valence-electron chi connectivity index (χ1n) is 14.2. The van der Waals surface area contributed by atoms with Gasteiger partial charge in [0.2, 0.25) is 0 Å². The number of hydrogen-bond donors (Lipinski definition) is 0. The number of hydrogen-bond acceptors (Lipinski definition) is 3. The number of carbonyl (C=O) groups is 1. The summed E-state index contributed by atoms with van der Waals surface area (Å²) in [5.41, 5.74) is 2.42. The van der Waals surface area contributed by atoms with Gasteiger partial charge >= 0.3 is 6.16 Å². The number of fused-ring (bicyclic) bond motifs is 5. The van der Waals surface area contributed by atoms with Crippen LogP contribution in [0.25, 0.3) is 0 Å². The van der Waals surface area contributed by atoms with Crippen molar-refractivity contribution in [2.45, 2.75) is 118 Å². The Kier molecular flexibility index (Phi) is 7.56. The average Bonchev–Trinajstić information content (AvgIpc) is 3.11. The maximum absolute atomic E-state index is 11.9. The Bertz CT molecular complexity index is 726. The van der Waals surface area contributed by atoms with Crippen molar-refractivity contribution in [3.8, 4) is 0 Å². The highest BCUT2D eigenvalue weighted by Crippen LogP contribution is 2.67. The average molecular weight is 459 g/mol. The molecule has 3 heteroatoms. The largest absolute Gasteiger partial charge is 0.508 e. The van der Waals surface area contributed by atoms with Gasteiger partial charge in [-0.3, -0.25) is 0 Å². The van der Waals surface area contributed by atoms with Crippen LogP contribution in [0, 0.1) is 46.3 Å². The van der Waals surface area contributed by atoms with E-state index in [1.165, 1.54) is 51.4 Å².